The summed E-state index contributed by atoms with van der Waals surface area (Å²) >= 11 is 1.60. The van der Waals surface area contributed by atoms with Gasteiger partial charge in [0.05, 0.1) is 0 Å². The molecule has 0 amide bonds. The van der Waals surface area contributed by atoms with Gasteiger partial charge in [-0.1, -0.05) is 24.3 Å². The molecule has 0 saturated heterocycles. The van der Waals surface area contributed by atoms with Crippen molar-refractivity contribution in [2.24, 2.45) is 5.92 Å². The van der Waals surface area contributed by atoms with Crippen molar-refractivity contribution >= 4 is 6.08 Å². The molecule has 0 saturated carbocycles. The molecule has 0 nitrogen and oxygen atoms in total. The molecule has 2 aromatic rings. The first kappa shape index (κ1) is 19.9. The molecule has 3 rings (SSSR count). The van der Waals surface area contributed by atoms with Crippen molar-refractivity contribution in [1.29, 1.82) is 0 Å². The third kappa shape index (κ3) is 4.79. The fraction of sp³-hybridized carbons (Fsp3) is 0.250. The molecule has 0 radical (unpaired) electrons. The Labute approximate surface area is 168 Å². The van der Waals surface area contributed by atoms with Crippen molar-refractivity contribution in [2.45, 2.75) is 31.3 Å². The van der Waals surface area contributed by atoms with Crippen molar-refractivity contribution in [3.63, 3.8) is 0 Å². The van der Waals surface area contributed by atoms with Gasteiger partial charge in [-0.25, -0.2) is 0 Å². The Hall–Kier alpha value is -1.46. The van der Waals surface area contributed by atoms with E-state index in [1.807, 2.05) is 13.8 Å². The van der Waals surface area contributed by atoms with Crippen molar-refractivity contribution in [3.05, 3.63) is 89.5 Å². The van der Waals surface area contributed by atoms with Gasteiger partial charge in [0, 0.05) is 0 Å². The molecule has 0 aliphatic heterocycles. The molecule has 0 heterocycles. The van der Waals surface area contributed by atoms with Gasteiger partial charge >= 0.3 is 131 Å². The van der Waals surface area contributed by atoms with Gasteiger partial charge in [0.15, 0.2) is 0 Å². The first-order valence-corrected chi connectivity index (χ1v) is 10.2. The number of benzene rings is 2. The summed E-state index contributed by atoms with van der Waals surface area (Å²) in [5.74, 6) is 0.639. The number of fused-ring (bicyclic) bond motifs is 1. The molecule has 1 unspecified atom stereocenters. The van der Waals surface area contributed by atoms with Crippen molar-refractivity contribution < 1.29 is 24.7 Å². The van der Waals surface area contributed by atoms with Gasteiger partial charge in [0.1, 0.15) is 0 Å². The summed E-state index contributed by atoms with van der Waals surface area (Å²) in [6.07, 6.45) is 2.43. The molecule has 1 aliphatic rings. The second kappa shape index (κ2) is 8.77. The normalized spacial score (nSPS) is 15.0. The Bertz CT molecular complexity index is 782. The first-order valence-electron chi connectivity index (χ1n) is 8.75. The van der Waals surface area contributed by atoms with E-state index in [0.29, 0.717) is 9.54 Å². The second-order valence-corrected chi connectivity index (χ2v) is 8.39. The average molecular weight is 407 g/mol. The van der Waals surface area contributed by atoms with Crippen LogP contribution in [0.2, 0.25) is 0 Å². The Morgan fingerprint density at radius 3 is 2.04 bits per heavy atom. The SMILES string of the molecule is C=C(C)C(=C)C.CC(C)C1=Cc2c(-c3ccccc3)cccc2[CH]1[Zr]. The second-order valence-electron chi connectivity index (χ2n) is 6.97. The summed E-state index contributed by atoms with van der Waals surface area (Å²) in [4.78, 5) is 0. The van der Waals surface area contributed by atoms with Gasteiger partial charge in [-0.05, 0) is 13.8 Å². The van der Waals surface area contributed by atoms with Crippen LogP contribution in [-0.2, 0) is 24.7 Å². The van der Waals surface area contributed by atoms with Crippen LogP contribution in [0, 0.1) is 5.92 Å². The van der Waals surface area contributed by atoms with Gasteiger partial charge in [0.25, 0.3) is 0 Å². The van der Waals surface area contributed by atoms with E-state index in [9.17, 15) is 0 Å². The molecule has 0 bridgehead atoms. The monoisotopic (exact) mass is 405 g/mol. The molecule has 0 N–H and O–H groups in total. The van der Waals surface area contributed by atoms with Crippen LogP contribution in [0.4, 0.5) is 0 Å². The van der Waals surface area contributed by atoms with Crippen LogP contribution in [0.5, 0.6) is 0 Å². The molecular formula is C24H27Zr. The van der Waals surface area contributed by atoms with E-state index in [1.54, 1.807) is 30.3 Å². The van der Waals surface area contributed by atoms with Crippen LogP contribution in [0.25, 0.3) is 17.2 Å². The van der Waals surface area contributed by atoms with Gasteiger partial charge in [-0.2, -0.15) is 0 Å². The van der Waals surface area contributed by atoms with Crippen LogP contribution in [0.3, 0.4) is 0 Å². The van der Waals surface area contributed by atoms with Crippen LogP contribution < -0.4 is 0 Å². The minimum atomic E-state index is 0.639. The summed E-state index contributed by atoms with van der Waals surface area (Å²) in [7, 11) is 0. The van der Waals surface area contributed by atoms with E-state index < -0.39 is 0 Å². The fourth-order valence-electron chi connectivity index (χ4n) is 2.79. The Balaban J connectivity index is 0.000000326. The molecule has 0 aromatic heterocycles. The number of allylic oxidation sites excluding steroid dienone is 3. The molecule has 2 aromatic carbocycles. The van der Waals surface area contributed by atoms with Gasteiger partial charge < -0.3 is 0 Å². The van der Waals surface area contributed by atoms with E-state index >= 15 is 0 Å². The molecule has 127 valence electrons. The molecule has 1 heteroatoms. The van der Waals surface area contributed by atoms with Crippen molar-refractivity contribution in [1.82, 2.24) is 0 Å². The summed E-state index contributed by atoms with van der Waals surface area (Å²) in [5.41, 5.74) is 9.38. The minimum absolute atomic E-state index is 0.639. The topological polar surface area (TPSA) is 0 Å². The van der Waals surface area contributed by atoms with E-state index in [4.69, 9.17) is 0 Å². The number of rotatable bonds is 3. The summed E-state index contributed by atoms with van der Waals surface area (Å²) < 4.78 is 0.644. The number of hydrogen-bond donors (Lipinski definition) is 0. The Morgan fingerprint density at radius 2 is 1.52 bits per heavy atom. The van der Waals surface area contributed by atoms with E-state index in [-0.39, 0.29) is 0 Å². The zero-order chi connectivity index (χ0) is 18.6. The van der Waals surface area contributed by atoms with E-state index in [2.05, 4.69) is 81.6 Å². The molecule has 1 atom stereocenters. The first-order chi connectivity index (χ1) is 11.8. The van der Waals surface area contributed by atoms with Gasteiger partial charge in [0.2, 0.25) is 0 Å². The molecule has 0 spiro atoms. The summed E-state index contributed by atoms with van der Waals surface area (Å²) in [5, 5.41) is 0. The van der Waals surface area contributed by atoms with Crippen LogP contribution in [0.15, 0.2) is 78.4 Å². The maximum atomic E-state index is 3.66. The maximum absolute atomic E-state index is 3.66. The van der Waals surface area contributed by atoms with Crippen LogP contribution >= 0.6 is 0 Å². The fourth-order valence-corrected chi connectivity index (χ4v) is 4.44. The van der Waals surface area contributed by atoms with Gasteiger partial charge in [-0.15, -0.1) is 0 Å². The average Bonchev–Trinajstić information content (AvgIpc) is 2.93. The van der Waals surface area contributed by atoms with E-state index in [0.717, 1.165) is 11.1 Å². The molecule has 1 aliphatic carbocycles. The summed E-state index contributed by atoms with van der Waals surface area (Å²) in [6, 6.07) is 17.5. The van der Waals surface area contributed by atoms with Gasteiger partial charge in [-0.3, -0.25) is 0 Å². The zero-order valence-electron chi connectivity index (χ0n) is 15.8. The predicted octanol–water partition coefficient (Wildman–Crippen LogP) is 7.13. The zero-order valence-corrected chi connectivity index (χ0v) is 18.2. The van der Waals surface area contributed by atoms with E-state index in [1.165, 1.54) is 22.3 Å². The molecule has 25 heavy (non-hydrogen) atoms. The third-order valence-electron chi connectivity index (χ3n) is 4.58. The predicted molar refractivity (Wildman–Crippen MR) is 107 cm³/mol. The van der Waals surface area contributed by atoms with Crippen LogP contribution in [0.1, 0.15) is 42.4 Å². The molecule has 0 fully saturated rings. The third-order valence-corrected chi connectivity index (χ3v) is 6.16. The Kier molecular flexibility index (Phi) is 6.97. The standard InChI is InChI=1S/C18H17.C6H10.Zr/c1-13(2)16-11-15-9-6-10-17(18(15)12-16)14-7-4-3-5-8-14;1-5(2)6(3)4;/h3-13H,1-2H3;1,3H2,2,4H3;. The van der Waals surface area contributed by atoms with Crippen LogP contribution in [-0.4, -0.2) is 0 Å². The Morgan fingerprint density at radius 1 is 0.920 bits per heavy atom. The quantitative estimate of drug-likeness (QED) is 0.475. The van der Waals surface area contributed by atoms with Crippen molar-refractivity contribution in [2.75, 3.05) is 0 Å². The number of hydrogen-bond acceptors (Lipinski definition) is 0. The van der Waals surface area contributed by atoms with Crippen molar-refractivity contribution in [3.8, 4) is 11.1 Å². The molecular weight excluding hydrogens is 379 g/mol. The summed E-state index contributed by atoms with van der Waals surface area (Å²) in [6.45, 7) is 15.8.